The van der Waals surface area contributed by atoms with Crippen LogP contribution in [0, 0.1) is 0 Å². The predicted octanol–water partition coefficient (Wildman–Crippen LogP) is 3.01. The molecule has 1 heterocycles. The molecule has 0 aliphatic rings. The van der Waals surface area contributed by atoms with Crippen molar-refractivity contribution in [3.8, 4) is 0 Å². The van der Waals surface area contributed by atoms with E-state index in [1.54, 1.807) is 0 Å². The Hall–Kier alpha value is 1.24. The van der Waals surface area contributed by atoms with Gasteiger partial charge in [-0.1, -0.05) is 11.6 Å². The third-order valence-electron chi connectivity index (χ3n) is 0.540. The number of thiophene rings is 1. The first kappa shape index (κ1) is 9.24. The minimum Gasteiger partial charge on any atom is -1.00 e. The first-order valence-corrected chi connectivity index (χ1v) is 3.68. The molecule has 1 aromatic heterocycles. The maximum absolute atomic E-state index is 5.55. The smallest absolute Gasteiger partial charge is 1.00 e. The second-order valence-corrected chi connectivity index (χ2v) is 4.14. The van der Waals surface area contributed by atoms with Crippen LogP contribution in [0.1, 0.15) is 2.85 Å². The van der Waals surface area contributed by atoms with Gasteiger partial charge in [0.1, 0.15) is 0 Å². The van der Waals surface area contributed by atoms with Gasteiger partial charge in [0.15, 0.2) is 0 Å². The predicted molar refractivity (Wildman–Crippen MR) is 45.0 cm³/mol. The van der Waals surface area contributed by atoms with Crippen LogP contribution >= 0.6 is 38.9 Å². The zero-order chi connectivity index (χ0) is 5.28. The van der Waals surface area contributed by atoms with Crippen molar-refractivity contribution < 1.29 is 2.85 Å². The normalized spacial score (nSPS) is 8.25. The molecular formula is C4H4BrClMgS. The second kappa shape index (κ2) is 4.12. The summed E-state index contributed by atoms with van der Waals surface area (Å²) < 4.78 is 1.91. The summed E-state index contributed by atoms with van der Waals surface area (Å²) in [6.45, 7) is 0. The first-order valence-electron chi connectivity index (χ1n) is 1.70. The van der Waals surface area contributed by atoms with E-state index >= 15 is 0 Å². The summed E-state index contributed by atoms with van der Waals surface area (Å²) in [6.07, 6.45) is 0. The van der Waals surface area contributed by atoms with Gasteiger partial charge in [0.2, 0.25) is 0 Å². The van der Waals surface area contributed by atoms with Gasteiger partial charge in [0.25, 0.3) is 0 Å². The van der Waals surface area contributed by atoms with Crippen LogP contribution < -0.4 is 0 Å². The molecule has 8 heavy (non-hydrogen) atoms. The van der Waals surface area contributed by atoms with E-state index in [4.69, 9.17) is 11.6 Å². The van der Waals surface area contributed by atoms with E-state index in [-0.39, 0.29) is 25.9 Å². The van der Waals surface area contributed by atoms with Gasteiger partial charge in [-0.3, -0.25) is 0 Å². The van der Waals surface area contributed by atoms with E-state index in [9.17, 15) is 0 Å². The van der Waals surface area contributed by atoms with E-state index in [2.05, 4.69) is 15.9 Å². The Bertz CT molecular complexity index is 156. The summed E-state index contributed by atoms with van der Waals surface area (Å²) in [5, 5.41) is 0. The zero-order valence-electron chi connectivity index (χ0n) is 6.03. The van der Waals surface area contributed by atoms with Gasteiger partial charge in [0.05, 0.1) is 8.12 Å². The van der Waals surface area contributed by atoms with E-state index in [1.807, 2.05) is 12.1 Å². The monoisotopic (exact) mass is 222 g/mol. The number of hydrogen-bond donors (Lipinski definition) is 0. The topological polar surface area (TPSA) is 0 Å². The Kier molecular flexibility index (Phi) is 4.75. The third-order valence-corrected chi connectivity index (χ3v) is 2.31. The molecule has 0 saturated heterocycles. The molecule has 0 nitrogen and oxygen atoms in total. The van der Waals surface area contributed by atoms with Gasteiger partial charge in [0, 0.05) is 0 Å². The van der Waals surface area contributed by atoms with Crippen LogP contribution in [0.2, 0.25) is 4.34 Å². The first-order chi connectivity index (χ1) is 3.29. The van der Waals surface area contributed by atoms with Crippen LogP contribution in [-0.4, -0.2) is 23.1 Å². The minimum atomic E-state index is 0. The molecule has 0 spiro atoms. The fourth-order valence-corrected chi connectivity index (χ4v) is 2.00. The van der Waals surface area contributed by atoms with E-state index in [1.165, 1.54) is 11.3 Å². The van der Waals surface area contributed by atoms with Gasteiger partial charge in [-0.15, -0.1) is 11.3 Å². The number of hydrogen-bond acceptors (Lipinski definition) is 1. The molecule has 0 saturated carbocycles. The summed E-state index contributed by atoms with van der Waals surface area (Å²) in [7, 11) is 0. The second-order valence-electron chi connectivity index (χ2n) is 1.04. The molecule has 0 atom stereocenters. The molecule has 0 aromatic carbocycles. The summed E-state index contributed by atoms with van der Waals surface area (Å²) >= 11 is 10.3. The maximum atomic E-state index is 5.55. The van der Waals surface area contributed by atoms with Gasteiger partial charge in [-0.25, -0.2) is 0 Å². The molecule has 0 aliphatic carbocycles. The molecule has 0 amide bonds. The Morgan fingerprint density at radius 2 is 2.25 bits per heavy atom. The summed E-state index contributed by atoms with van der Waals surface area (Å²) in [6, 6.07) is 3.78. The van der Waals surface area contributed by atoms with Crippen molar-refractivity contribution in [2.24, 2.45) is 0 Å². The summed E-state index contributed by atoms with van der Waals surface area (Å²) in [5.74, 6) is 0. The van der Waals surface area contributed by atoms with Crippen molar-refractivity contribution in [1.29, 1.82) is 0 Å². The van der Waals surface area contributed by atoms with Gasteiger partial charge >= 0.3 is 23.1 Å². The van der Waals surface area contributed by atoms with Crippen LogP contribution in [0.3, 0.4) is 0 Å². The SMILES string of the molecule is Clc1ccc(Br)s1.[H-].[H-].[Mg+2]. The Labute approximate surface area is 84.5 Å². The average molecular weight is 224 g/mol. The largest absolute Gasteiger partial charge is 2.00 e. The molecule has 0 unspecified atom stereocenters. The number of rotatable bonds is 0. The van der Waals surface area contributed by atoms with Crippen LogP contribution in [0.15, 0.2) is 15.9 Å². The van der Waals surface area contributed by atoms with Gasteiger partial charge in [-0.05, 0) is 28.1 Å². The van der Waals surface area contributed by atoms with Crippen LogP contribution in [0.5, 0.6) is 0 Å². The van der Waals surface area contributed by atoms with Crippen molar-refractivity contribution in [3.63, 3.8) is 0 Å². The Morgan fingerprint density at radius 1 is 1.62 bits per heavy atom. The number of halogens is 2. The Morgan fingerprint density at radius 3 is 2.38 bits per heavy atom. The van der Waals surface area contributed by atoms with Crippen molar-refractivity contribution in [1.82, 2.24) is 0 Å². The quantitative estimate of drug-likeness (QED) is 0.594. The molecule has 1 rings (SSSR count). The third kappa shape index (κ3) is 2.69. The molecule has 0 N–H and O–H groups in total. The maximum Gasteiger partial charge on any atom is 2.00 e. The van der Waals surface area contributed by atoms with Gasteiger partial charge < -0.3 is 2.85 Å². The van der Waals surface area contributed by atoms with Crippen molar-refractivity contribution in [2.75, 3.05) is 0 Å². The molecule has 42 valence electrons. The molecule has 0 bridgehead atoms. The van der Waals surface area contributed by atoms with Crippen LogP contribution in [0.4, 0.5) is 0 Å². The van der Waals surface area contributed by atoms with Crippen LogP contribution in [-0.2, 0) is 0 Å². The van der Waals surface area contributed by atoms with Crippen molar-refractivity contribution >= 4 is 61.9 Å². The molecule has 0 fully saturated rings. The van der Waals surface area contributed by atoms with Crippen molar-refractivity contribution in [2.45, 2.75) is 0 Å². The fourth-order valence-electron chi connectivity index (χ4n) is 0.292. The Balaban J connectivity index is -0.000000163. The molecule has 4 heteroatoms. The van der Waals surface area contributed by atoms with Crippen LogP contribution in [0.25, 0.3) is 0 Å². The van der Waals surface area contributed by atoms with Crippen molar-refractivity contribution in [3.05, 3.63) is 20.3 Å². The molecule has 0 radical (unpaired) electrons. The molecular weight excluding hydrogens is 220 g/mol. The summed E-state index contributed by atoms with van der Waals surface area (Å²) in [4.78, 5) is 0. The van der Waals surface area contributed by atoms with E-state index in [0.717, 1.165) is 8.12 Å². The fraction of sp³-hybridized carbons (Fsp3) is 0. The van der Waals surface area contributed by atoms with E-state index in [0.29, 0.717) is 0 Å². The molecule has 0 aliphatic heterocycles. The zero-order valence-corrected chi connectivity index (χ0v) is 8.60. The molecule has 1 aromatic rings. The standard InChI is InChI=1S/C4H2BrClS.Mg.2H/c5-3-1-2-4(6)7-3;;;/h1-2H;;;/q;+2;2*-1. The summed E-state index contributed by atoms with van der Waals surface area (Å²) in [5.41, 5.74) is 0. The minimum absolute atomic E-state index is 0. The average Bonchev–Trinajstić information content (AvgIpc) is 1.87. The van der Waals surface area contributed by atoms with E-state index < -0.39 is 0 Å². The van der Waals surface area contributed by atoms with Gasteiger partial charge in [-0.2, -0.15) is 0 Å².